The number of nitro groups is 2. The lowest BCUT2D eigenvalue weighted by molar-refractivity contribution is -0.394. The molecule has 0 aliphatic heterocycles. The zero-order valence-electron chi connectivity index (χ0n) is 15.4. The van der Waals surface area contributed by atoms with Gasteiger partial charge in [-0.25, -0.2) is 4.68 Å². The van der Waals surface area contributed by atoms with Crippen LogP contribution in [0, 0.1) is 41.0 Å². The van der Waals surface area contributed by atoms with E-state index in [0.717, 1.165) is 11.6 Å². The fraction of sp³-hybridized carbons (Fsp3) is 0.167. The molecule has 0 saturated carbocycles. The highest BCUT2D eigenvalue weighted by atomic mass is 16.6. The average molecular weight is 380 g/mol. The molecule has 0 spiro atoms. The quantitative estimate of drug-likeness (QED) is 0.348. The van der Waals surface area contributed by atoms with Gasteiger partial charge in [0.05, 0.1) is 33.0 Å². The van der Waals surface area contributed by atoms with E-state index >= 15 is 0 Å². The number of azo groups is 1. The Hall–Kier alpha value is -3.95. The van der Waals surface area contributed by atoms with Gasteiger partial charge in [-0.1, -0.05) is 18.2 Å². The first-order chi connectivity index (χ1) is 13.3. The van der Waals surface area contributed by atoms with Crippen LogP contribution in [0.5, 0.6) is 0 Å². The molecule has 0 N–H and O–H groups in total. The topological polar surface area (TPSA) is 129 Å². The van der Waals surface area contributed by atoms with Crippen LogP contribution in [0.15, 0.2) is 52.7 Å². The molecule has 142 valence electrons. The van der Waals surface area contributed by atoms with Crippen molar-refractivity contribution in [1.29, 1.82) is 0 Å². The van der Waals surface area contributed by atoms with E-state index in [-0.39, 0.29) is 11.4 Å². The van der Waals surface area contributed by atoms with E-state index in [2.05, 4.69) is 15.3 Å². The molecule has 3 rings (SSSR count). The van der Waals surface area contributed by atoms with Crippen molar-refractivity contribution in [3.8, 4) is 5.69 Å². The molecule has 0 bridgehead atoms. The van der Waals surface area contributed by atoms with Gasteiger partial charge < -0.3 is 0 Å². The number of nitro benzene ring substituents is 2. The van der Waals surface area contributed by atoms with Crippen LogP contribution in [0.1, 0.15) is 17.0 Å². The zero-order valence-corrected chi connectivity index (χ0v) is 15.4. The van der Waals surface area contributed by atoms with Gasteiger partial charge in [-0.15, -0.1) is 5.11 Å². The lowest BCUT2D eigenvalue weighted by Crippen LogP contribution is -2.04. The molecule has 28 heavy (non-hydrogen) atoms. The van der Waals surface area contributed by atoms with E-state index in [4.69, 9.17) is 0 Å². The minimum atomic E-state index is -0.681. The molecule has 10 heteroatoms. The lowest BCUT2D eigenvalue weighted by Gasteiger charge is -2.05. The van der Waals surface area contributed by atoms with Crippen molar-refractivity contribution < 1.29 is 9.85 Å². The van der Waals surface area contributed by atoms with Crippen LogP contribution in [-0.4, -0.2) is 19.6 Å². The second kappa shape index (κ2) is 7.35. The number of benzene rings is 2. The molecular formula is C18H16N6O4. The number of rotatable bonds is 5. The summed E-state index contributed by atoms with van der Waals surface area (Å²) in [4.78, 5) is 21.0. The third kappa shape index (κ3) is 3.47. The highest BCUT2D eigenvalue weighted by Crippen LogP contribution is 2.33. The molecule has 0 saturated heterocycles. The van der Waals surface area contributed by atoms with Crippen molar-refractivity contribution in [1.82, 2.24) is 9.78 Å². The van der Waals surface area contributed by atoms with Crippen LogP contribution >= 0.6 is 0 Å². The summed E-state index contributed by atoms with van der Waals surface area (Å²) >= 11 is 0. The van der Waals surface area contributed by atoms with Gasteiger partial charge in [-0.05, 0) is 38.5 Å². The number of hydrogen-bond donors (Lipinski definition) is 0. The molecule has 1 heterocycles. The third-order valence-corrected chi connectivity index (χ3v) is 4.22. The standard InChI is InChI=1S/C18H16N6O4/c1-11-6-4-5-7-15(11)19-20-18-12(2)21-22(13(18)3)16-9-8-14(23(25)26)10-17(16)24(27)28/h4-10H,1-3H3. The van der Waals surface area contributed by atoms with Crippen molar-refractivity contribution in [2.45, 2.75) is 20.8 Å². The Balaban J connectivity index is 2.09. The van der Waals surface area contributed by atoms with E-state index in [1.807, 2.05) is 31.2 Å². The van der Waals surface area contributed by atoms with Crippen molar-refractivity contribution in [3.05, 3.63) is 79.6 Å². The predicted octanol–water partition coefficient (Wildman–Crippen LogP) is 5.03. The summed E-state index contributed by atoms with van der Waals surface area (Å²) in [6.45, 7) is 5.34. The Kier molecular flexibility index (Phi) is 4.94. The number of aryl methyl sites for hydroxylation is 2. The average Bonchev–Trinajstić information content (AvgIpc) is 2.94. The number of aromatic nitrogens is 2. The van der Waals surface area contributed by atoms with E-state index in [0.29, 0.717) is 22.8 Å². The first kappa shape index (κ1) is 18.8. The van der Waals surface area contributed by atoms with Gasteiger partial charge in [-0.2, -0.15) is 10.2 Å². The van der Waals surface area contributed by atoms with Gasteiger partial charge in [0.1, 0.15) is 11.4 Å². The number of non-ortho nitro benzene ring substituents is 1. The maximum absolute atomic E-state index is 11.4. The van der Waals surface area contributed by atoms with Crippen LogP contribution in [0.25, 0.3) is 5.69 Å². The number of hydrogen-bond acceptors (Lipinski definition) is 7. The Morgan fingerprint density at radius 3 is 2.32 bits per heavy atom. The minimum Gasteiger partial charge on any atom is -0.258 e. The van der Waals surface area contributed by atoms with Gasteiger partial charge in [0, 0.05) is 6.07 Å². The van der Waals surface area contributed by atoms with Crippen LogP contribution < -0.4 is 0 Å². The van der Waals surface area contributed by atoms with Crippen LogP contribution in [0.2, 0.25) is 0 Å². The molecule has 2 aromatic carbocycles. The van der Waals surface area contributed by atoms with Gasteiger partial charge >= 0.3 is 5.69 Å². The van der Waals surface area contributed by atoms with Crippen LogP contribution in [-0.2, 0) is 0 Å². The summed E-state index contributed by atoms with van der Waals surface area (Å²) in [6, 6.07) is 10.9. The normalized spacial score (nSPS) is 11.1. The molecule has 0 aliphatic carbocycles. The maximum Gasteiger partial charge on any atom is 0.301 e. The van der Waals surface area contributed by atoms with Gasteiger partial charge in [-0.3, -0.25) is 20.2 Å². The van der Waals surface area contributed by atoms with E-state index < -0.39 is 15.5 Å². The fourth-order valence-electron chi connectivity index (χ4n) is 2.74. The Bertz CT molecular complexity index is 1120. The van der Waals surface area contributed by atoms with E-state index in [1.54, 1.807) is 13.8 Å². The van der Waals surface area contributed by atoms with Gasteiger partial charge in [0.15, 0.2) is 0 Å². The second-order valence-electron chi connectivity index (χ2n) is 6.10. The first-order valence-corrected chi connectivity index (χ1v) is 8.26. The first-order valence-electron chi connectivity index (χ1n) is 8.26. The minimum absolute atomic E-state index is 0.119. The van der Waals surface area contributed by atoms with Gasteiger partial charge in [0.25, 0.3) is 5.69 Å². The van der Waals surface area contributed by atoms with Crippen molar-refractivity contribution >= 4 is 22.7 Å². The Morgan fingerprint density at radius 2 is 1.68 bits per heavy atom. The van der Waals surface area contributed by atoms with Gasteiger partial charge in [0.2, 0.25) is 0 Å². The zero-order chi connectivity index (χ0) is 20.4. The maximum atomic E-state index is 11.4. The molecule has 0 aliphatic rings. The summed E-state index contributed by atoms with van der Waals surface area (Å²) in [5, 5.41) is 35.2. The summed E-state index contributed by atoms with van der Waals surface area (Å²) in [6.07, 6.45) is 0. The lowest BCUT2D eigenvalue weighted by atomic mass is 10.2. The predicted molar refractivity (Wildman–Crippen MR) is 102 cm³/mol. The van der Waals surface area contributed by atoms with Crippen LogP contribution in [0.4, 0.5) is 22.7 Å². The Labute approximate surface area is 159 Å². The highest BCUT2D eigenvalue weighted by Gasteiger charge is 2.24. The summed E-state index contributed by atoms with van der Waals surface area (Å²) in [7, 11) is 0. The SMILES string of the molecule is Cc1ccccc1N=Nc1c(C)nn(-c2ccc([N+](=O)[O-])cc2[N+](=O)[O-])c1C. The number of nitrogens with zero attached hydrogens (tertiary/aromatic N) is 6. The fourth-order valence-corrected chi connectivity index (χ4v) is 2.74. The summed E-state index contributed by atoms with van der Waals surface area (Å²) in [5.41, 5.74) is 2.55. The van der Waals surface area contributed by atoms with Crippen molar-refractivity contribution in [2.24, 2.45) is 10.2 Å². The third-order valence-electron chi connectivity index (χ3n) is 4.22. The molecule has 10 nitrogen and oxygen atoms in total. The highest BCUT2D eigenvalue weighted by molar-refractivity contribution is 5.60. The molecule has 3 aromatic rings. The molecule has 0 unspecified atom stereocenters. The monoisotopic (exact) mass is 380 g/mol. The van der Waals surface area contributed by atoms with E-state index in [9.17, 15) is 20.2 Å². The summed E-state index contributed by atoms with van der Waals surface area (Å²) < 4.78 is 1.35. The van der Waals surface area contributed by atoms with Crippen molar-refractivity contribution in [3.63, 3.8) is 0 Å². The Morgan fingerprint density at radius 1 is 0.964 bits per heavy atom. The van der Waals surface area contributed by atoms with Crippen LogP contribution in [0.3, 0.4) is 0 Å². The smallest absolute Gasteiger partial charge is 0.258 e. The molecular weight excluding hydrogens is 364 g/mol. The second-order valence-corrected chi connectivity index (χ2v) is 6.10. The van der Waals surface area contributed by atoms with E-state index in [1.165, 1.54) is 16.8 Å². The summed E-state index contributed by atoms with van der Waals surface area (Å²) in [5.74, 6) is 0. The molecule has 0 radical (unpaired) electrons. The molecule has 0 atom stereocenters. The molecule has 1 aromatic heterocycles. The molecule has 0 amide bonds. The van der Waals surface area contributed by atoms with Crippen molar-refractivity contribution in [2.75, 3.05) is 0 Å². The molecule has 0 fully saturated rings. The largest absolute Gasteiger partial charge is 0.301 e.